The van der Waals surface area contributed by atoms with Crippen molar-refractivity contribution in [1.29, 1.82) is 0 Å². The van der Waals surface area contributed by atoms with E-state index >= 15 is 0 Å². The van der Waals surface area contributed by atoms with Crippen LogP contribution < -0.4 is 10.6 Å². The molecular weight excluding hydrogens is 232 g/mol. The molecule has 5 heteroatoms. The summed E-state index contributed by atoms with van der Waals surface area (Å²) in [5.41, 5.74) is 1.98. The van der Waals surface area contributed by atoms with Gasteiger partial charge in [-0.1, -0.05) is 12.1 Å². The molecule has 0 saturated carbocycles. The quantitative estimate of drug-likeness (QED) is 0.678. The van der Waals surface area contributed by atoms with Gasteiger partial charge in [-0.2, -0.15) is 0 Å². The van der Waals surface area contributed by atoms with Crippen LogP contribution in [-0.4, -0.2) is 39.8 Å². The lowest BCUT2D eigenvalue weighted by atomic mass is 10.2. The second kappa shape index (κ2) is 8.49. The second-order valence-electron chi connectivity index (χ2n) is 3.83. The fraction of sp³-hybridized carbons (Fsp3) is 0.462. The Kier molecular flexibility index (Phi) is 6.83. The van der Waals surface area contributed by atoms with Gasteiger partial charge in [0.1, 0.15) is 0 Å². The van der Waals surface area contributed by atoms with E-state index in [1.54, 1.807) is 14.2 Å². The third-order valence-electron chi connectivity index (χ3n) is 2.32. The molecule has 5 nitrogen and oxygen atoms in total. The minimum atomic E-state index is -0.0517. The molecule has 0 spiro atoms. The Balaban J connectivity index is 2.33. The lowest BCUT2D eigenvalue weighted by Crippen LogP contribution is -2.32. The summed E-state index contributed by atoms with van der Waals surface area (Å²) in [5, 5.41) is 5.80. The van der Waals surface area contributed by atoms with Crippen molar-refractivity contribution in [1.82, 2.24) is 5.32 Å². The van der Waals surface area contributed by atoms with Crippen molar-refractivity contribution in [3.05, 3.63) is 29.8 Å². The maximum Gasteiger partial charge on any atom is 0.239 e. The van der Waals surface area contributed by atoms with Crippen molar-refractivity contribution >= 4 is 11.6 Å². The number of hydrogen-bond acceptors (Lipinski definition) is 4. The van der Waals surface area contributed by atoms with E-state index in [0.29, 0.717) is 19.8 Å². The topological polar surface area (TPSA) is 59.6 Å². The van der Waals surface area contributed by atoms with Gasteiger partial charge in [0.05, 0.1) is 19.8 Å². The van der Waals surface area contributed by atoms with E-state index in [2.05, 4.69) is 10.6 Å². The minimum absolute atomic E-state index is 0.0517. The summed E-state index contributed by atoms with van der Waals surface area (Å²) in [6, 6.07) is 7.79. The minimum Gasteiger partial charge on any atom is -0.383 e. The zero-order valence-corrected chi connectivity index (χ0v) is 10.9. The zero-order chi connectivity index (χ0) is 13.2. The number of hydrogen-bond donors (Lipinski definition) is 2. The molecule has 0 aliphatic heterocycles. The molecule has 2 N–H and O–H groups in total. The predicted molar refractivity (Wildman–Crippen MR) is 70.5 cm³/mol. The number of ether oxygens (including phenoxy) is 2. The van der Waals surface area contributed by atoms with Crippen molar-refractivity contribution in [3.63, 3.8) is 0 Å². The molecule has 0 unspecified atom stereocenters. The summed E-state index contributed by atoms with van der Waals surface area (Å²) in [6.07, 6.45) is 0. The Morgan fingerprint density at radius 2 is 2.11 bits per heavy atom. The molecule has 1 aromatic rings. The number of anilines is 1. The van der Waals surface area contributed by atoms with Gasteiger partial charge in [0.15, 0.2) is 0 Å². The fourth-order valence-corrected chi connectivity index (χ4v) is 1.48. The van der Waals surface area contributed by atoms with Gasteiger partial charge in [0.2, 0.25) is 5.91 Å². The van der Waals surface area contributed by atoms with E-state index in [4.69, 9.17) is 9.47 Å². The Morgan fingerprint density at radius 1 is 1.28 bits per heavy atom. The lowest BCUT2D eigenvalue weighted by Gasteiger charge is -2.08. The van der Waals surface area contributed by atoms with E-state index < -0.39 is 0 Å². The Bertz CT molecular complexity index is 369. The number of rotatable bonds is 8. The molecule has 1 aromatic carbocycles. The van der Waals surface area contributed by atoms with Crippen LogP contribution in [0.4, 0.5) is 5.69 Å². The monoisotopic (exact) mass is 252 g/mol. The summed E-state index contributed by atoms with van der Waals surface area (Å²) in [5.74, 6) is -0.0517. The van der Waals surface area contributed by atoms with E-state index in [1.807, 2.05) is 24.3 Å². The first kappa shape index (κ1) is 14.5. The second-order valence-corrected chi connectivity index (χ2v) is 3.83. The first-order valence-electron chi connectivity index (χ1n) is 5.83. The molecule has 1 amide bonds. The Hall–Kier alpha value is -1.59. The Labute approximate surface area is 107 Å². The van der Waals surface area contributed by atoms with Crippen LogP contribution in [0.5, 0.6) is 0 Å². The third kappa shape index (κ3) is 5.65. The van der Waals surface area contributed by atoms with Gasteiger partial charge < -0.3 is 20.1 Å². The summed E-state index contributed by atoms with van der Waals surface area (Å²) in [7, 11) is 3.26. The third-order valence-corrected chi connectivity index (χ3v) is 2.32. The van der Waals surface area contributed by atoms with Gasteiger partial charge in [-0.3, -0.25) is 4.79 Å². The maximum absolute atomic E-state index is 11.4. The molecule has 0 aromatic heterocycles. The van der Waals surface area contributed by atoms with Crippen molar-refractivity contribution < 1.29 is 14.3 Å². The molecule has 1 rings (SSSR count). The summed E-state index contributed by atoms with van der Waals surface area (Å²) in [4.78, 5) is 11.4. The number of nitrogens with one attached hydrogen (secondary N) is 2. The normalized spacial score (nSPS) is 10.1. The van der Waals surface area contributed by atoms with Gasteiger partial charge in [0, 0.05) is 26.5 Å². The standard InChI is InChI=1S/C13H20N2O3/c1-17-7-6-14-13(16)9-15-12-5-3-4-11(8-12)10-18-2/h3-5,8,15H,6-7,9-10H2,1-2H3,(H,14,16). The summed E-state index contributed by atoms with van der Waals surface area (Å²) in [6.45, 7) is 1.87. The molecule has 0 heterocycles. The van der Waals surface area contributed by atoms with Crippen LogP contribution in [0, 0.1) is 0 Å². The van der Waals surface area contributed by atoms with Crippen LogP contribution in [0.3, 0.4) is 0 Å². The van der Waals surface area contributed by atoms with E-state index in [9.17, 15) is 4.79 Å². The van der Waals surface area contributed by atoms with Crippen LogP contribution in [0.2, 0.25) is 0 Å². The van der Waals surface area contributed by atoms with Crippen LogP contribution in [0.15, 0.2) is 24.3 Å². The first-order valence-corrected chi connectivity index (χ1v) is 5.83. The van der Waals surface area contributed by atoms with E-state index in [0.717, 1.165) is 11.3 Å². The molecule has 100 valence electrons. The molecular formula is C13H20N2O3. The number of benzene rings is 1. The molecule has 18 heavy (non-hydrogen) atoms. The van der Waals surface area contributed by atoms with Crippen LogP contribution in [0.25, 0.3) is 0 Å². The highest BCUT2D eigenvalue weighted by Gasteiger charge is 2.00. The lowest BCUT2D eigenvalue weighted by molar-refractivity contribution is -0.119. The molecule has 0 aliphatic rings. The summed E-state index contributed by atoms with van der Waals surface area (Å²) < 4.78 is 9.90. The van der Waals surface area contributed by atoms with Gasteiger partial charge in [-0.05, 0) is 17.7 Å². The van der Waals surface area contributed by atoms with Crippen LogP contribution in [-0.2, 0) is 20.9 Å². The molecule has 0 atom stereocenters. The summed E-state index contributed by atoms with van der Waals surface area (Å²) >= 11 is 0. The number of carbonyl (C=O) groups is 1. The molecule has 0 radical (unpaired) electrons. The predicted octanol–water partition coefficient (Wildman–Crippen LogP) is 1.01. The van der Waals surface area contributed by atoms with Crippen LogP contribution >= 0.6 is 0 Å². The van der Waals surface area contributed by atoms with Gasteiger partial charge in [-0.15, -0.1) is 0 Å². The number of amides is 1. The fourth-order valence-electron chi connectivity index (χ4n) is 1.48. The van der Waals surface area contributed by atoms with Crippen LogP contribution in [0.1, 0.15) is 5.56 Å². The average molecular weight is 252 g/mol. The molecule has 0 saturated heterocycles. The zero-order valence-electron chi connectivity index (χ0n) is 10.9. The van der Waals surface area contributed by atoms with Crippen molar-refractivity contribution in [2.75, 3.05) is 39.2 Å². The van der Waals surface area contributed by atoms with Gasteiger partial charge in [0.25, 0.3) is 0 Å². The van der Waals surface area contributed by atoms with Crippen molar-refractivity contribution in [2.24, 2.45) is 0 Å². The number of carbonyl (C=O) groups excluding carboxylic acids is 1. The van der Waals surface area contributed by atoms with E-state index in [1.165, 1.54) is 0 Å². The smallest absolute Gasteiger partial charge is 0.239 e. The molecule has 0 aliphatic carbocycles. The molecule has 0 bridgehead atoms. The average Bonchev–Trinajstić information content (AvgIpc) is 2.38. The molecule has 0 fully saturated rings. The van der Waals surface area contributed by atoms with Gasteiger partial charge >= 0.3 is 0 Å². The first-order chi connectivity index (χ1) is 8.76. The number of methoxy groups -OCH3 is 2. The Morgan fingerprint density at radius 3 is 2.83 bits per heavy atom. The van der Waals surface area contributed by atoms with Crippen molar-refractivity contribution in [2.45, 2.75) is 6.61 Å². The largest absolute Gasteiger partial charge is 0.383 e. The highest BCUT2D eigenvalue weighted by molar-refractivity contribution is 5.80. The highest BCUT2D eigenvalue weighted by Crippen LogP contribution is 2.10. The van der Waals surface area contributed by atoms with Gasteiger partial charge in [-0.25, -0.2) is 0 Å². The SMILES string of the molecule is COCCNC(=O)CNc1cccc(COC)c1. The maximum atomic E-state index is 11.4. The van der Waals surface area contributed by atoms with Crippen molar-refractivity contribution in [3.8, 4) is 0 Å². The highest BCUT2D eigenvalue weighted by atomic mass is 16.5. The van der Waals surface area contributed by atoms with E-state index in [-0.39, 0.29) is 12.5 Å².